The molecule has 18 heavy (non-hydrogen) atoms. The largest absolute Gasteiger partial charge is 0.481 e. The molecule has 0 amide bonds. The quantitative estimate of drug-likeness (QED) is 0.748. The summed E-state index contributed by atoms with van der Waals surface area (Å²) < 4.78 is 18.1. The third kappa shape index (κ3) is 1.62. The van der Waals surface area contributed by atoms with Crippen LogP contribution in [0.2, 0.25) is 0 Å². The van der Waals surface area contributed by atoms with Crippen LogP contribution < -0.4 is 4.74 Å². The van der Waals surface area contributed by atoms with Gasteiger partial charge in [-0.25, -0.2) is 9.37 Å². The van der Waals surface area contributed by atoms with E-state index in [4.69, 9.17) is 4.74 Å². The average Bonchev–Trinajstić information content (AvgIpc) is 2.88. The topological polar surface area (TPSA) is 37.9 Å². The molecule has 0 bridgehead atoms. The standard InChI is InChI=1S/C14H11FN2O/c1-18-14-11-6-7-16-13(11)12(8-17-14)9-2-4-10(15)5-3-9/h2-8,16H,1H3. The molecule has 3 nitrogen and oxygen atoms in total. The molecule has 0 saturated heterocycles. The monoisotopic (exact) mass is 242 g/mol. The maximum Gasteiger partial charge on any atom is 0.222 e. The molecule has 0 unspecified atom stereocenters. The lowest BCUT2D eigenvalue weighted by Gasteiger charge is -2.06. The summed E-state index contributed by atoms with van der Waals surface area (Å²) in [4.78, 5) is 7.42. The van der Waals surface area contributed by atoms with Gasteiger partial charge in [0.25, 0.3) is 0 Å². The number of aromatic nitrogens is 2. The summed E-state index contributed by atoms with van der Waals surface area (Å²) in [5.41, 5.74) is 2.78. The predicted molar refractivity (Wildman–Crippen MR) is 68.0 cm³/mol. The molecule has 0 spiro atoms. The van der Waals surface area contributed by atoms with E-state index in [9.17, 15) is 4.39 Å². The molecular formula is C14H11FN2O. The Morgan fingerprint density at radius 2 is 1.94 bits per heavy atom. The maximum absolute atomic E-state index is 12.9. The minimum absolute atomic E-state index is 0.247. The van der Waals surface area contributed by atoms with Crippen molar-refractivity contribution in [2.75, 3.05) is 7.11 Å². The van der Waals surface area contributed by atoms with Crippen LogP contribution in [0.15, 0.2) is 42.7 Å². The first-order valence-corrected chi connectivity index (χ1v) is 5.55. The summed E-state index contributed by atoms with van der Waals surface area (Å²) in [7, 11) is 1.59. The van der Waals surface area contributed by atoms with E-state index in [0.29, 0.717) is 5.88 Å². The van der Waals surface area contributed by atoms with E-state index in [1.807, 2.05) is 12.3 Å². The first-order valence-electron chi connectivity index (χ1n) is 5.55. The van der Waals surface area contributed by atoms with E-state index in [1.54, 1.807) is 25.4 Å². The van der Waals surface area contributed by atoms with E-state index >= 15 is 0 Å². The van der Waals surface area contributed by atoms with Crippen LogP contribution in [0.25, 0.3) is 22.0 Å². The fourth-order valence-electron chi connectivity index (χ4n) is 2.04. The number of halogens is 1. The van der Waals surface area contributed by atoms with Gasteiger partial charge >= 0.3 is 0 Å². The Morgan fingerprint density at radius 1 is 1.17 bits per heavy atom. The third-order valence-corrected chi connectivity index (χ3v) is 2.91. The van der Waals surface area contributed by atoms with Crippen molar-refractivity contribution in [3.63, 3.8) is 0 Å². The van der Waals surface area contributed by atoms with Gasteiger partial charge in [0.2, 0.25) is 5.88 Å². The lowest BCUT2D eigenvalue weighted by Crippen LogP contribution is -1.90. The van der Waals surface area contributed by atoms with Crippen LogP contribution in [0.3, 0.4) is 0 Å². The van der Waals surface area contributed by atoms with Crippen LogP contribution in [-0.2, 0) is 0 Å². The summed E-state index contributed by atoms with van der Waals surface area (Å²) in [5, 5.41) is 0.916. The fourth-order valence-corrected chi connectivity index (χ4v) is 2.04. The van der Waals surface area contributed by atoms with Crippen LogP contribution in [0.1, 0.15) is 0 Å². The second-order valence-corrected chi connectivity index (χ2v) is 3.95. The Balaban J connectivity index is 2.24. The van der Waals surface area contributed by atoms with Crippen molar-refractivity contribution < 1.29 is 9.13 Å². The molecule has 2 heterocycles. The van der Waals surface area contributed by atoms with Crippen LogP contribution in [0, 0.1) is 5.82 Å². The Labute approximate surface area is 103 Å². The molecule has 0 aliphatic rings. The minimum Gasteiger partial charge on any atom is -0.481 e. The SMILES string of the molecule is COc1ncc(-c2ccc(F)cc2)c2[nH]ccc12. The molecule has 3 aromatic rings. The van der Waals surface area contributed by atoms with E-state index in [2.05, 4.69) is 9.97 Å². The van der Waals surface area contributed by atoms with Gasteiger partial charge in [0.1, 0.15) is 5.82 Å². The number of hydrogen-bond donors (Lipinski definition) is 1. The normalized spacial score (nSPS) is 10.8. The van der Waals surface area contributed by atoms with Gasteiger partial charge in [-0.1, -0.05) is 12.1 Å². The Bertz CT molecular complexity index is 689. The number of H-pyrrole nitrogens is 1. The molecule has 1 N–H and O–H groups in total. The predicted octanol–water partition coefficient (Wildman–Crippen LogP) is 3.38. The highest BCUT2D eigenvalue weighted by molar-refractivity contribution is 5.96. The number of pyridine rings is 1. The number of nitrogens with one attached hydrogen (secondary N) is 1. The molecule has 0 atom stereocenters. The van der Waals surface area contributed by atoms with Crippen molar-refractivity contribution >= 4 is 10.9 Å². The van der Waals surface area contributed by atoms with E-state index < -0.39 is 0 Å². The summed E-state index contributed by atoms with van der Waals surface area (Å²) in [6.07, 6.45) is 3.56. The van der Waals surface area contributed by atoms with Gasteiger partial charge in [0.15, 0.2) is 0 Å². The van der Waals surface area contributed by atoms with Gasteiger partial charge in [-0.15, -0.1) is 0 Å². The van der Waals surface area contributed by atoms with Gasteiger partial charge in [-0.05, 0) is 23.8 Å². The van der Waals surface area contributed by atoms with Gasteiger partial charge in [0.05, 0.1) is 18.0 Å². The number of aromatic amines is 1. The Morgan fingerprint density at radius 3 is 2.67 bits per heavy atom. The zero-order valence-electron chi connectivity index (χ0n) is 9.77. The van der Waals surface area contributed by atoms with Crippen molar-refractivity contribution in [2.45, 2.75) is 0 Å². The van der Waals surface area contributed by atoms with E-state index in [1.165, 1.54) is 12.1 Å². The van der Waals surface area contributed by atoms with Gasteiger partial charge in [0, 0.05) is 18.0 Å². The van der Waals surface area contributed by atoms with E-state index in [0.717, 1.165) is 22.0 Å². The number of hydrogen-bond acceptors (Lipinski definition) is 2. The molecule has 0 fully saturated rings. The number of nitrogens with zero attached hydrogens (tertiary/aromatic N) is 1. The fraction of sp³-hybridized carbons (Fsp3) is 0.0714. The maximum atomic E-state index is 12.9. The molecular weight excluding hydrogens is 231 g/mol. The minimum atomic E-state index is -0.247. The zero-order valence-corrected chi connectivity index (χ0v) is 9.77. The summed E-state index contributed by atoms with van der Waals surface area (Å²) in [5.74, 6) is 0.333. The number of fused-ring (bicyclic) bond motifs is 1. The molecule has 0 saturated carbocycles. The van der Waals surface area contributed by atoms with Gasteiger partial charge < -0.3 is 9.72 Å². The van der Waals surface area contributed by atoms with Crippen molar-refractivity contribution in [3.8, 4) is 17.0 Å². The molecule has 4 heteroatoms. The van der Waals surface area contributed by atoms with Gasteiger partial charge in [-0.3, -0.25) is 0 Å². The molecule has 2 aromatic heterocycles. The second kappa shape index (κ2) is 4.14. The van der Waals surface area contributed by atoms with Crippen molar-refractivity contribution in [3.05, 3.63) is 48.5 Å². The zero-order chi connectivity index (χ0) is 12.5. The van der Waals surface area contributed by atoms with E-state index in [-0.39, 0.29) is 5.82 Å². The lowest BCUT2D eigenvalue weighted by atomic mass is 10.1. The number of ether oxygens (including phenoxy) is 1. The summed E-state index contributed by atoms with van der Waals surface area (Å²) >= 11 is 0. The Kier molecular flexibility index (Phi) is 2.48. The molecule has 0 radical (unpaired) electrons. The first kappa shape index (κ1) is 10.8. The molecule has 1 aromatic carbocycles. The number of rotatable bonds is 2. The number of benzene rings is 1. The van der Waals surface area contributed by atoms with Crippen LogP contribution >= 0.6 is 0 Å². The third-order valence-electron chi connectivity index (χ3n) is 2.91. The van der Waals surface area contributed by atoms with Crippen LogP contribution in [-0.4, -0.2) is 17.1 Å². The Hall–Kier alpha value is -2.36. The van der Waals surface area contributed by atoms with Crippen molar-refractivity contribution in [1.29, 1.82) is 0 Å². The lowest BCUT2D eigenvalue weighted by molar-refractivity contribution is 0.403. The van der Waals surface area contributed by atoms with Crippen molar-refractivity contribution in [2.24, 2.45) is 0 Å². The highest BCUT2D eigenvalue weighted by Crippen LogP contribution is 2.31. The molecule has 0 aliphatic carbocycles. The molecule has 0 aliphatic heterocycles. The average molecular weight is 242 g/mol. The molecule has 90 valence electrons. The first-order chi connectivity index (χ1) is 8.79. The van der Waals surface area contributed by atoms with Crippen LogP contribution in [0.5, 0.6) is 5.88 Å². The van der Waals surface area contributed by atoms with Crippen molar-refractivity contribution in [1.82, 2.24) is 9.97 Å². The van der Waals surface area contributed by atoms with Gasteiger partial charge in [-0.2, -0.15) is 0 Å². The highest BCUT2D eigenvalue weighted by Gasteiger charge is 2.10. The highest BCUT2D eigenvalue weighted by atomic mass is 19.1. The summed E-state index contributed by atoms with van der Waals surface area (Å²) in [6.45, 7) is 0. The summed E-state index contributed by atoms with van der Waals surface area (Å²) in [6, 6.07) is 8.26. The smallest absolute Gasteiger partial charge is 0.222 e. The second-order valence-electron chi connectivity index (χ2n) is 3.95. The number of methoxy groups -OCH3 is 1. The van der Waals surface area contributed by atoms with Crippen LogP contribution in [0.4, 0.5) is 4.39 Å². The molecule has 3 rings (SSSR count).